The molecule has 0 aliphatic heterocycles. The minimum atomic E-state index is 0.363. The Hall–Kier alpha value is -0.800. The molecule has 0 fully saturated rings. The lowest BCUT2D eigenvalue weighted by molar-refractivity contribution is 0.379. The van der Waals surface area contributed by atoms with Crippen LogP contribution in [0.1, 0.15) is 0 Å². The van der Waals surface area contributed by atoms with E-state index in [0.717, 1.165) is 0 Å². The van der Waals surface area contributed by atoms with Crippen molar-refractivity contribution < 1.29 is 9.47 Å². The standard InChI is InChI=1S/C13H8Cl4O2/c1-18-12-5-8(15)9(16)6-13(12)19-11-3-2-7(14)4-10(11)17/h2-6H,1H3. The summed E-state index contributed by atoms with van der Waals surface area (Å²) in [7, 11) is 1.51. The van der Waals surface area contributed by atoms with Crippen LogP contribution in [0, 0.1) is 0 Å². The van der Waals surface area contributed by atoms with Crippen molar-refractivity contribution in [2.45, 2.75) is 0 Å². The zero-order valence-corrected chi connectivity index (χ0v) is 12.7. The van der Waals surface area contributed by atoms with E-state index in [1.54, 1.807) is 30.3 Å². The van der Waals surface area contributed by atoms with Gasteiger partial charge in [0.1, 0.15) is 5.75 Å². The van der Waals surface area contributed by atoms with Crippen molar-refractivity contribution in [1.29, 1.82) is 0 Å². The van der Waals surface area contributed by atoms with Crippen LogP contribution in [-0.2, 0) is 0 Å². The first-order valence-electron chi connectivity index (χ1n) is 5.17. The van der Waals surface area contributed by atoms with Gasteiger partial charge in [-0.15, -0.1) is 0 Å². The van der Waals surface area contributed by atoms with E-state index in [9.17, 15) is 0 Å². The van der Waals surface area contributed by atoms with Gasteiger partial charge in [-0.3, -0.25) is 0 Å². The Morgan fingerprint density at radius 1 is 0.737 bits per heavy atom. The monoisotopic (exact) mass is 336 g/mol. The van der Waals surface area contributed by atoms with Crippen LogP contribution in [0.2, 0.25) is 20.1 Å². The van der Waals surface area contributed by atoms with Gasteiger partial charge in [0.05, 0.1) is 22.2 Å². The molecule has 0 radical (unpaired) electrons. The van der Waals surface area contributed by atoms with E-state index >= 15 is 0 Å². The highest BCUT2D eigenvalue weighted by Gasteiger charge is 2.12. The summed E-state index contributed by atoms with van der Waals surface area (Å²) in [5.41, 5.74) is 0. The van der Waals surface area contributed by atoms with Crippen molar-refractivity contribution in [1.82, 2.24) is 0 Å². The van der Waals surface area contributed by atoms with Crippen molar-refractivity contribution in [2.75, 3.05) is 7.11 Å². The molecule has 6 heteroatoms. The van der Waals surface area contributed by atoms with Crippen LogP contribution >= 0.6 is 46.4 Å². The molecule has 0 atom stereocenters. The lowest BCUT2D eigenvalue weighted by Crippen LogP contribution is -1.91. The van der Waals surface area contributed by atoms with E-state index in [-0.39, 0.29) is 0 Å². The number of methoxy groups -OCH3 is 1. The van der Waals surface area contributed by atoms with Gasteiger partial charge in [-0.25, -0.2) is 0 Å². The summed E-state index contributed by atoms with van der Waals surface area (Å²) in [4.78, 5) is 0. The second-order valence-electron chi connectivity index (χ2n) is 3.59. The van der Waals surface area contributed by atoms with Crippen LogP contribution in [0.4, 0.5) is 0 Å². The largest absolute Gasteiger partial charge is 0.493 e. The third-order valence-electron chi connectivity index (χ3n) is 2.32. The number of rotatable bonds is 3. The molecule has 100 valence electrons. The summed E-state index contributed by atoms with van der Waals surface area (Å²) in [6.45, 7) is 0. The molecule has 0 aromatic heterocycles. The van der Waals surface area contributed by atoms with E-state index in [4.69, 9.17) is 55.9 Å². The molecule has 0 N–H and O–H groups in total. The third kappa shape index (κ3) is 3.40. The molecule has 0 spiro atoms. The summed E-state index contributed by atoms with van der Waals surface area (Å²) in [6.07, 6.45) is 0. The molecule has 2 aromatic rings. The second kappa shape index (κ2) is 6.10. The molecule has 2 nitrogen and oxygen atoms in total. The summed E-state index contributed by atoms with van der Waals surface area (Å²) >= 11 is 23.7. The fraction of sp³-hybridized carbons (Fsp3) is 0.0769. The molecule has 0 bridgehead atoms. The van der Waals surface area contributed by atoms with Gasteiger partial charge >= 0.3 is 0 Å². The topological polar surface area (TPSA) is 18.5 Å². The highest BCUT2D eigenvalue weighted by molar-refractivity contribution is 6.42. The first kappa shape index (κ1) is 14.6. The Morgan fingerprint density at radius 3 is 1.95 bits per heavy atom. The quantitative estimate of drug-likeness (QED) is 0.673. The van der Waals surface area contributed by atoms with Crippen molar-refractivity contribution in [3.63, 3.8) is 0 Å². The molecule has 0 saturated carbocycles. The molecule has 0 heterocycles. The molecule has 2 rings (SSSR count). The highest BCUT2D eigenvalue weighted by atomic mass is 35.5. The number of benzene rings is 2. The Bertz CT molecular complexity index is 614. The number of ether oxygens (including phenoxy) is 2. The molecule has 0 aliphatic rings. The van der Waals surface area contributed by atoms with Crippen LogP contribution in [0.15, 0.2) is 30.3 Å². The molecular formula is C13H8Cl4O2. The molecule has 0 unspecified atom stereocenters. The summed E-state index contributed by atoms with van der Waals surface area (Å²) in [5.74, 6) is 1.32. The van der Waals surface area contributed by atoms with E-state index in [0.29, 0.717) is 37.3 Å². The van der Waals surface area contributed by atoms with E-state index in [1.807, 2.05) is 0 Å². The summed E-state index contributed by atoms with van der Waals surface area (Å²) in [5, 5.41) is 1.66. The van der Waals surface area contributed by atoms with Crippen molar-refractivity contribution in [3.8, 4) is 17.2 Å². The maximum absolute atomic E-state index is 6.04. The third-order valence-corrected chi connectivity index (χ3v) is 3.57. The Morgan fingerprint density at radius 2 is 1.37 bits per heavy atom. The van der Waals surface area contributed by atoms with Crippen molar-refractivity contribution >= 4 is 46.4 Å². The SMILES string of the molecule is COc1cc(Cl)c(Cl)cc1Oc1ccc(Cl)cc1Cl. The molecule has 0 aliphatic carbocycles. The lowest BCUT2D eigenvalue weighted by atomic mass is 10.3. The zero-order valence-electron chi connectivity index (χ0n) is 9.72. The Labute approximate surface area is 130 Å². The second-order valence-corrected chi connectivity index (χ2v) is 5.25. The van der Waals surface area contributed by atoms with Gasteiger partial charge in [0.15, 0.2) is 11.5 Å². The maximum atomic E-state index is 6.04. The van der Waals surface area contributed by atoms with Gasteiger partial charge in [-0.05, 0) is 18.2 Å². The molecule has 0 saturated heterocycles. The number of halogens is 4. The summed E-state index contributed by atoms with van der Waals surface area (Å²) in [6, 6.07) is 8.05. The van der Waals surface area contributed by atoms with E-state index in [1.165, 1.54) is 7.11 Å². The smallest absolute Gasteiger partial charge is 0.170 e. The van der Waals surface area contributed by atoms with E-state index in [2.05, 4.69) is 0 Å². The van der Waals surface area contributed by atoms with Gasteiger partial charge in [-0.2, -0.15) is 0 Å². The van der Waals surface area contributed by atoms with Crippen LogP contribution < -0.4 is 9.47 Å². The van der Waals surface area contributed by atoms with Gasteiger partial charge in [-0.1, -0.05) is 46.4 Å². The normalized spacial score (nSPS) is 10.4. The van der Waals surface area contributed by atoms with Gasteiger partial charge < -0.3 is 9.47 Å². The fourth-order valence-corrected chi connectivity index (χ4v) is 2.18. The average Bonchev–Trinajstić information content (AvgIpc) is 2.36. The molecule has 19 heavy (non-hydrogen) atoms. The van der Waals surface area contributed by atoms with Gasteiger partial charge in [0, 0.05) is 17.2 Å². The predicted molar refractivity (Wildman–Crippen MR) is 79.6 cm³/mol. The fourth-order valence-electron chi connectivity index (χ4n) is 1.43. The van der Waals surface area contributed by atoms with Crippen molar-refractivity contribution in [2.24, 2.45) is 0 Å². The van der Waals surface area contributed by atoms with E-state index < -0.39 is 0 Å². The molecule has 0 amide bonds. The minimum Gasteiger partial charge on any atom is -0.493 e. The van der Waals surface area contributed by atoms with Gasteiger partial charge in [0.2, 0.25) is 0 Å². The van der Waals surface area contributed by atoms with Crippen LogP contribution in [-0.4, -0.2) is 7.11 Å². The lowest BCUT2D eigenvalue weighted by Gasteiger charge is -2.12. The Kier molecular flexibility index (Phi) is 4.69. The molecule has 2 aromatic carbocycles. The van der Waals surface area contributed by atoms with Crippen LogP contribution in [0.5, 0.6) is 17.2 Å². The molecular weight excluding hydrogens is 330 g/mol. The average molecular weight is 338 g/mol. The number of hydrogen-bond acceptors (Lipinski definition) is 2. The minimum absolute atomic E-state index is 0.363. The number of hydrogen-bond donors (Lipinski definition) is 0. The zero-order chi connectivity index (χ0) is 14.0. The van der Waals surface area contributed by atoms with Crippen molar-refractivity contribution in [3.05, 3.63) is 50.4 Å². The maximum Gasteiger partial charge on any atom is 0.170 e. The van der Waals surface area contributed by atoms with Gasteiger partial charge in [0.25, 0.3) is 0 Å². The predicted octanol–water partition coefficient (Wildman–Crippen LogP) is 6.10. The highest BCUT2D eigenvalue weighted by Crippen LogP contribution is 2.40. The van der Waals surface area contributed by atoms with Crippen LogP contribution in [0.25, 0.3) is 0 Å². The first-order chi connectivity index (χ1) is 9.01. The Balaban J connectivity index is 2.40. The first-order valence-corrected chi connectivity index (χ1v) is 6.68. The summed E-state index contributed by atoms with van der Waals surface area (Å²) < 4.78 is 10.8. The van der Waals surface area contributed by atoms with Crippen LogP contribution in [0.3, 0.4) is 0 Å².